The van der Waals surface area contributed by atoms with Crippen molar-refractivity contribution in [3.8, 4) is 17.2 Å². The molecule has 0 saturated carbocycles. The number of hydrogen-bond donors (Lipinski definition) is 0. The van der Waals surface area contributed by atoms with Gasteiger partial charge in [0.2, 0.25) is 5.75 Å². The first kappa shape index (κ1) is 32.1. The number of esters is 4. The van der Waals surface area contributed by atoms with Gasteiger partial charge in [-0.15, -0.1) is 0 Å². The fraction of sp³-hybridized carbons (Fsp3) is 0.655. The Balaban J connectivity index is 3.36. The van der Waals surface area contributed by atoms with Crippen LogP contribution in [0.1, 0.15) is 128 Å². The van der Waals surface area contributed by atoms with Crippen LogP contribution in [0.2, 0.25) is 0 Å². The van der Waals surface area contributed by atoms with E-state index in [0.29, 0.717) is 25.7 Å². The molecule has 0 aliphatic rings. The lowest BCUT2D eigenvalue weighted by Gasteiger charge is -2.16. The van der Waals surface area contributed by atoms with Gasteiger partial charge in [0.05, 0.1) is 12.2 Å². The third kappa shape index (κ3) is 13.3. The normalized spacial score (nSPS) is 10.6. The molecule has 0 heterocycles. The van der Waals surface area contributed by atoms with Crippen LogP contribution in [0.25, 0.3) is 0 Å². The van der Waals surface area contributed by atoms with Gasteiger partial charge in [-0.3, -0.25) is 14.4 Å². The van der Waals surface area contributed by atoms with Crippen LogP contribution in [0, 0.1) is 0 Å². The second kappa shape index (κ2) is 19.2. The average Bonchev–Trinajstić information content (AvgIpc) is 2.86. The first-order valence-corrected chi connectivity index (χ1v) is 13.8. The Hall–Kier alpha value is -2.90. The van der Waals surface area contributed by atoms with Crippen molar-refractivity contribution in [3.63, 3.8) is 0 Å². The molecule has 0 aromatic heterocycles. The molecule has 0 unspecified atom stereocenters. The number of rotatable bonds is 19. The lowest BCUT2D eigenvalue weighted by atomic mass is 10.1. The predicted octanol–water partition coefficient (Wildman–Crippen LogP) is 7.10. The zero-order valence-electron chi connectivity index (χ0n) is 23.0. The van der Waals surface area contributed by atoms with Crippen LogP contribution in [0.5, 0.6) is 17.2 Å². The van der Waals surface area contributed by atoms with Gasteiger partial charge in [-0.2, -0.15) is 0 Å². The van der Waals surface area contributed by atoms with Crippen molar-refractivity contribution in [3.05, 3.63) is 17.7 Å². The van der Waals surface area contributed by atoms with Gasteiger partial charge in [0.25, 0.3) is 0 Å². The van der Waals surface area contributed by atoms with Crippen LogP contribution in [-0.4, -0.2) is 30.5 Å². The summed E-state index contributed by atoms with van der Waals surface area (Å²) in [4.78, 5) is 50.4. The minimum atomic E-state index is -0.652. The van der Waals surface area contributed by atoms with Crippen molar-refractivity contribution < 1.29 is 38.1 Å². The molecule has 1 rings (SSSR count). The molecule has 1 aromatic rings. The Bertz CT molecular complexity index is 816. The molecule has 0 amide bonds. The monoisotopic (exact) mass is 520 g/mol. The molecule has 0 radical (unpaired) electrons. The summed E-state index contributed by atoms with van der Waals surface area (Å²) >= 11 is 0. The third-order valence-electron chi connectivity index (χ3n) is 5.60. The zero-order valence-corrected chi connectivity index (χ0v) is 23.0. The lowest BCUT2D eigenvalue weighted by Crippen LogP contribution is -2.16. The molecule has 0 fully saturated rings. The molecular weight excluding hydrogens is 476 g/mol. The standard InChI is InChI=1S/C29H44O8/c1-5-9-13-16-25(30)35-23-20-22(29(33)34-19-12-8-4)21-24(36-26(31)17-14-10-6-2)28(23)37-27(32)18-15-11-7-3/h20-21H,5-19H2,1-4H3. The Morgan fingerprint density at radius 2 is 0.973 bits per heavy atom. The highest BCUT2D eigenvalue weighted by Crippen LogP contribution is 2.40. The van der Waals surface area contributed by atoms with Gasteiger partial charge in [0, 0.05) is 19.3 Å². The van der Waals surface area contributed by atoms with Gasteiger partial charge in [-0.05, 0) is 37.8 Å². The molecule has 8 nitrogen and oxygen atoms in total. The first-order chi connectivity index (χ1) is 17.9. The maximum atomic E-state index is 12.7. The van der Waals surface area contributed by atoms with Crippen molar-refractivity contribution in [2.75, 3.05) is 6.61 Å². The highest BCUT2D eigenvalue weighted by Gasteiger charge is 2.25. The van der Waals surface area contributed by atoms with E-state index in [-0.39, 0.29) is 48.7 Å². The molecule has 0 bridgehead atoms. The Kier molecular flexibility index (Phi) is 16.7. The summed E-state index contributed by atoms with van der Waals surface area (Å²) < 4.78 is 22.0. The lowest BCUT2D eigenvalue weighted by molar-refractivity contribution is -0.138. The summed E-state index contributed by atoms with van der Waals surface area (Å²) in [6.45, 7) is 8.27. The van der Waals surface area contributed by atoms with E-state index in [1.54, 1.807) is 0 Å². The first-order valence-electron chi connectivity index (χ1n) is 13.8. The Morgan fingerprint density at radius 1 is 0.568 bits per heavy atom. The maximum absolute atomic E-state index is 12.7. The summed E-state index contributed by atoms with van der Waals surface area (Å²) in [5.74, 6) is -2.74. The third-order valence-corrected chi connectivity index (χ3v) is 5.60. The van der Waals surface area contributed by atoms with Gasteiger partial charge >= 0.3 is 23.9 Å². The van der Waals surface area contributed by atoms with E-state index in [9.17, 15) is 19.2 Å². The fourth-order valence-electron chi connectivity index (χ4n) is 3.41. The molecular formula is C29H44O8. The second-order valence-corrected chi connectivity index (χ2v) is 9.08. The molecule has 1 aromatic carbocycles. The van der Waals surface area contributed by atoms with E-state index in [4.69, 9.17) is 18.9 Å². The summed E-state index contributed by atoms with van der Waals surface area (Å²) in [7, 11) is 0. The van der Waals surface area contributed by atoms with Gasteiger partial charge in [0.15, 0.2) is 11.5 Å². The van der Waals surface area contributed by atoms with Crippen molar-refractivity contribution in [1.82, 2.24) is 0 Å². The molecule has 0 aliphatic carbocycles. The van der Waals surface area contributed by atoms with Gasteiger partial charge in [0.1, 0.15) is 0 Å². The van der Waals surface area contributed by atoms with E-state index in [1.165, 1.54) is 12.1 Å². The van der Waals surface area contributed by atoms with Crippen LogP contribution in [-0.2, 0) is 19.1 Å². The van der Waals surface area contributed by atoms with Crippen LogP contribution in [0.4, 0.5) is 0 Å². The number of hydrogen-bond acceptors (Lipinski definition) is 8. The largest absolute Gasteiger partial charge is 0.462 e. The maximum Gasteiger partial charge on any atom is 0.338 e. The van der Waals surface area contributed by atoms with Gasteiger partial charge in [-0.25, -0.2) is 4.79 Å². The summed E-state index contributed by atoms with van der Waals surface area (Å²) in [5, 5.41) is 0. The SMILES string of the molecule is CCCCCC(=O)Oc1cc(C(=O)OCCCC)cc(OC(=O)CCCCC)c1OC(=O)CCCCC. The van der Waals surface area contributed by atoms with Crippen molar-refractivity contribution in [2.24, 2.45) is 0 Å². The predicted molar refractivity (Wildman–Crippen MR) is 141 cm³/mol. The molecule has 0 saturated heterocycles. The van der Waals surface area contributed by atoms with Crippen LogP contribution in [0.15, 0.2) is 12.1 Å². The number of carbonyl (C=O) groups is 4. The molecule has 37 heavy (non-hydrogen) atoms. The Morgan fingerprint density at radius 3 is 1.38 bits per heavy atom. The zero-order chi connectivity index (χ0) is 27.5. The molecule has 208 valence electrons. The fourth-order valence-corrected chi connectivity index (χ4v) is 3.41. The van der Waals surface area contributed by atoms with E-state index in [1.807, 2.05) is 27.7 Å². The number of unbranched alkanes of at least 4 members (excludes halogenated alkanes) is 7. The highest BCUT2D eigenvalue weighted by molar-refractivity contribution is 5.92. The van der Waals surface area contributed by atoms with Gasteiger partial charge < -0.3 is 18.9 Å². The minimum Gasteiger partial charge on any atom is -0.462 e. The summed E-state index contributed by atoms with van der Waals surface area (Å²) in [5.41, 5.74) is 0.0367. The molecule has 0 atom stereocenters. The van der Waals surface area contributed by atoms with E-state index >= 15 is 0 Å². The molecule has 0 N–H and O–H groups in total. The van der Waals surface area contributed by atoms with Gasteiger partial charge in [-0.1, -0.05) is 72.6 Å². The highest BCUT2D eigenvalue weighted by atomic mass is 16.6. The van der Waals surface area contributed by atoms with Crippen molar-refractivity contribution in [1.29, 1.82) is 0 Å². The van der Waals surface area contributed by atoms with Crippen molar-refractivity contribution in [2.45, 2.75) is 118 Å². The summed E-state index contributed by atoms with van der Waals surface area (Å²) in [6.07, 6.45) is 9.31. The number of benzene rings is 1. The van der Waals surface area contributed by atoms with Crippen LogP contribution in [0.3, 0.4) is 0 Å². The van der Waals surface area contributed by atoms with Crippen LogP contribution < -0.4 is 14.2 Å². The second-order valence-electron chi connectivity index (χ2n) is 9.08. The number of carbonyl (C=O) groups excluding carboxylic acids is 4. The molecule has 0 spiro atoms. The quantitative estimate of drug-likeness (QED) is 0.108. The van der Waals surface area contributed by atoms with Crippen LogP contribution >= 0.6 is 0 Å². The molecule has 8 heteroatoms. The van der Waals surface area contributed by atoms with E-state index < -0.39 is 23.9 Å². The Labute approximate surface area is 221 Å². The smallest absolute Gasteiger partial charge is 0.338 e. The van der Waals surface area contributed by atoms with E-state index in [2.05, 4.69) is 0 Å². The number of ether oxygens (including phenoxy) is 4. The minimum absolute atomic E-state index is 0.0367. The molecule has 0 aliphatic heterocycles. The van der Waals surface area contributed by atoms with E-state index in [0.717, 1.165) is 44.9 Å². The van der Waals surface area contributed by atoms with Crippen molar-refractivity contribution >= 4 is 23.9 Å². The topological polar surface area (TPSA) is 105 Å². The average molecular weight is 521 g/mol. The summed E-state index contributed by atoms with van der Waals surface area (Å²) in [6, 6.07) is 2.60.